The van der Waals surface area contributed by atoms with Crippen molar-refractivity contribution in [3.8, 4) is 0 Å². The maximum Gasteiger partial charge on any atom is 0.305 e. The van der Waals surface area contributed by atoms with Crippen molar-refractivity contribution in [1.82, 2.24) is 19.6 Å². The Bertz CT molecular complexity index is 1550. The zero-order valence-electron chi connectivity index (χ0n) is 61.2. The summed E-state index contributed by atoms with van der Waals surface area (Å²) in [4.78, 5) is 22.5. The van der Waals surface area contributed by atoms with Gasteiger partial charge in [0.1, 0.15) is 6.61 Å². The molecule has 1 rings (SSSR count). The monoisotopic (exact) mass is 1330 g/mol. The van der Waals surface area contributed by atoms with Gasteiger partial charge < -0.3 is 25.2 Å². The van der Waals surface area contributed by atoms with Crippen molar-refractivity contribution in [2.24, 2.45) is 0 Å². The van der Waals surface area contributed by atoms with Gasteiger partial charge in [-0.25, -0.2) is 0 Å². The molecule has 0 aromatic heterocycles. The Morgan fingerprint density at radius 1 is 0.370 bits per heavy atom. The average molecular weight is 1330 g/mol. The van der Waals surface area contributed by atoms with Gasteiger partial charge in [-0.3, -0.25) is 24.4 Å². The van der Waals surface area contributed by atoms with E-state index in [4.69, 9.17) is 4.74 Å². The molecule has 1 fully saturated rings. The van der Waals surface area contributed by atoms with E-state index in [2.05, 4.69) is 95.9 Å². The van der Waals surface area contributed by atoms with Crippen LogP contribution in [0.5, 0.6) is 0 Å². The number of hydrogen-bond donors (Lipinski definition) is 4. The molecule has 0 bridgehead atoms. The number of allylic oxidation sites excluding steroid dienone is 8. The summed E-state index contributed by atoms with van der Waals surface area (Å²) >= 11 is 0. The van der Waals surface area contributed by atoms with Crippen LogP contribution in [0.25, 0.3) is 0 Å². The van der Waals surface area contributed by atoms with Gasteiger partial charge in [-0.15, -0.1) is 0 Å². The molecule has 4 atom stereocenters. The van der Waals surface area contributed by atoms with E-state index in [1.54, 1.807) is 0 Å². The van der Waals surface area contributed by atoms with E-state index in [0.29, 0.717) is 39.2 Å². The van der Waals surface area contributed by atoms with Gasteiger partial charge >= 0.3 is 5.97 Å². The molecule has 0 spiro atoms. The second-order valence-corrected chi connectivity index (χ2v) is 30.5. The van der Waals surface area contributed by atoms with E-state index in [1.165, 1.54) is 205 Å². The lowest BCUT2D eigenvalue weighted by Gasteiger charge is -2.34. The largest absolute Gasteiger partial charge is 0.464 e. The lowest BCUT2D eigenvalue weighted by atomic mass is 10.0. The van der Waals surface area contributed by atoms with Crippen LogP contribution >= 0.6 is 21.6 Å². The van der Waals surface area contributed by atoms with Crippen molar-refractivity contribution in [2.75, 3.05) is 96.6 Å². The predicted molar refractivity (Wildman–Crippen MR) is 407 cm³/mol. The lowest BCUT2D eigenvalue weighted by Crippen LogP contribution is -2.47. The highest BCUT2D eigenvalue weighted by molar-refractivity contribution is 8.76. The summed E-state index contributed by atoms with van der Waals surface area (Å²) in [5, 5.41) is 44.6. The Morgan fingerprint density at radius 3 is 1.05 bits per heavy atom. The maximum absolute atomic E-state index is 12.9. The van der Waals surface area contributed by atoms with Gasteiger partial charge in [0, 0.05) is 83.4 Å². The van der Waals surface area contributed by atoms with E-state index >= 15 is 0 Å². The van der Waals surface area contributed by atoms with Crippen molar-refractivity contribution >= 4 is 27.6 Å². The first kappa shape index (κ1) is 88.8. The summed E-state index contributed by atoms with van der Waals surface area (Å²) in [6, 6.07) is 0. The number of unbranched alkanes of at least 4 members (excludes halogenated alkanes) is 33. The lowest BCUT2D eigenvalue weighted by molar-refractivity contribution is -0.144. The number of aliphatic hydroxyl groups is 4. The fourth-order valence-corrected chi connectivity index (χ4v) is 14.8. The Labute approximate surface area is 579 Å². The Hall–Kier alpha value is -1.19. The van der Waals surface area contributed by atoms with Gasteiger partial charge in [-0.05, 0) is 122 Å². The number of aliphatic hydroxyl groups excluding tert-OH is 4. The van der Waals surface area contributed by atoms with Crippen LogP contribution in [0.1, 0.15) is 336 Å². The van der Waals surface area contributed by atoms with Crippen LogP contribution in [0.15, 0.2) is 48.6 Å². The maximum atomic E-state index is 12.9. The van der Waals surface area contributed by atoms with E-state index < -0.39 is 0 Å². The first-order chi connectivity index (χ1) is 45.2. The second kappa shape index (κ2) is 71.1. The zero-order valence-corrected chi connectivity index (χ0v) is 62.8. The summed E-state index contributed by atoms with van der Waals surface area (Å²) in [6.07, 6.45) is 73.2. The summed E-state index contributed by atoms with van der Waals surface area (Å²) < 4.78 is 5.75. The molecule has 0 aromatic carbocycles. The van der Waals surface area contributed by atoms with Crippen LogP contribution in [0.4, 0.5) is 0 Å². The number of carbonyl (C=O) groups excluding carboxylic acids is 1. The summed E-state index contributed by atoms with van der Waals surface area (Å²) in [7, 11) is 3.94. The van der Waals surface area contributed by atoms with Crippen molar-refractivity contribution < 1.29 is 30.0 Å². The molecule has 4 unspecified atom stereocenters. The number of nitrogens with zero attached hydrogens (tertiary/aromatic N) is 4. The summed E-state index contributed by atoms with van der Waals surface area (Å²) in [6.45, 7) is 19.6. The number of rotatable bonds is 72. The normalized spacial score (nSPS) is 15.1. The molecule has 0 aliphatic carbocycles. The predicted octanol–water partition coefficient (Wildman–Crippen LogP) is 20.6. The number of hydrogen-bond acceptors (Lipinski definition) is 12. The molecule has 1 aliphatic rings. The Balaban J connectivity index is 2.43. The summed E-state index contributed by atoms with van der Waals surface area (Å²) in [5.41, 5.74) is 0. The van der Waals surface area contributed by atoms with Crippen LogP contribution in [-0.2, 0) is 9.53 Å². The van der Waals surface area contributed by atoms with Gasteiger partial charge in [0.2, 0.25) is 0 Å². The van der Waals surface area contributed by atoms with Crippen molar-refractivity contribution in [2.45, 2.75) is 360 Å². The van der Waals surface area contributed by atoms with Crippen molar-refractivity contribution in [3.63, 3.8) is 0 Å². The number of piperazine rings is 1. The standard InChI is InChI=1S/C80H154N4O6S2/c1-5-9-13-17-21-25-29-31-33-35-39-43-47-51-58-78(87)74-84(75-79(88)59-52-48-44-40-36-34-32-30-26-22-18-14-10-6-2)62-55-70-91-92-71-68-82-65-63-81(64-66-82)67-69-90-80(89)60-53-54-61-83(72-76(85)56-49-45-41-37-27-23-19-15-11-7-3)73-77(86)57-50-46-42-38-28-24-20-16-12-8-4/h21-22,25-26,31-34,76-79,85-88H,5-20,23-24,27-30,35-75H2,1-4H3/b25-21-,26-22-,33-31-,34-32-. The molecule has 0 amide bonds. The molecule has 12 heteroatoms. The molecule has 0 aromatic rings. The van der Waals surface area contributed by atoms with E-state index in [9.17, 15) is 25.2 Å². The van der Waals surface area contributed by atoms with Crippen LogP contribution < -0.4 is 0 Å². The van der Waals surface area contributed by atoms with Gasteiger partial charge in [0.15, 0.2) is 0 Å². The average Bonchev–Trinajstić information content (AvgIpc) is 3.72. The fraction of sp³-hybridized carbons (Fsp3) is 0.887. The van der Waals surface area contributed by atoms with Gasteiger partial charge in [-0.1, -0.05) is 291 Å². The van der Waals surface area contributed by atoms with Gasteiger partial charge in [0.05, 0.1) is 24.4 Å². The highest BCUT2D eigenvalue weighted by Gasteiger charge is 2.20. The van der Waals surface area contributed by atoms with Crippen molar-refractivity contribution in [3.05, 3.63) is 48.6 Å². The SMILES string of the molecule is CCCCC/C=C\C/C=C\CCCCCCC(O)CN(CCCSSCCN1CCN(CCOC(=O)CCCCN(CC(O)CCCCCCCCCCCC)CC(O)CCCCCCCCCCCC)CC1)CC(O)CCCCCC/C=C\C/C=C\CCCCC. The number of ether oxygens (including phenoxy) is 1. The molecule has 10 nitrogen and oxygen atoms in total. The second-order valence-electron chi connectivity index (χ2n) is 27.8. The molecule has 0 radical (unpaired) electrons. The number of carbonyl (C=O) groups is 1. The molecule has 92 heavy (non-hydrogen) atoms. The summed E-state index contributed by atoms with van der Waals surface area (Å²) in [5.74, 6) is 2.05. The molecule has 0 saturated carbocycles. The third-order valence-corrected chi connectivity index (χ3v) is 21.1. The third-order valence-electron chi connectivity index (χ3n) is 18.7. The van der Waals surface area contributed by atoms with E-state index in [0.717, 1.165) is 160 Å². The minimum absolute atomic E-state index is 0.116. The zero-order chi connectivity index (χ0) is 66.5. The molecule has 1 aliphatic heterocycles. The fourth-order valence-electron chi connectivity index (χ4n) is 12.7. The third kappa shape index (κ3) is 63.5. The van der Waals surface area contributed by atoms with Gasteiger partial charge in [-0.2, -0.15) is 0 Å². The van der Waals surface area contributed by atoms with Crippen molar-refractivity contribution in [1.29, 1.82) is 0 Å². The molecule has 542 valence electrons. The Kier molecular flexibility index (Phi) is 68.6. The van der Waals surface area contributed by atoms with Gasteiger partial charge in [0.25, 0.3) is 0 Å². The number of esters is 1. The molecule has 1 heterocycles. The highest BCUT2D eigenvalue weighted by Crippen LogP contribution is 2.23. The van der Waals surface area contributed by atoms with Crippen LogP contribution in [0.2, 0.25) is 0 Å². The highest BCUT2D eigenvalue weighted by atomic mass is 33.1. The molecular weight excluding hydrogens is 1180 g/mol. The minimum atomic E-state index is -0.381. The first-order valence-electron chi connectivity index (χ1n) is 39.8. The van der Waals surface area contributed by atoms with E-state index in [1.807, 2.05) is 21.6 Å². The smallest absolute Gasteiger partial charge is 0.305 e. The van der Waals surface area contributed by atoms with Crippen LogP contribution in [0, 0.1) is 0 Å². The molecular formula is C80H154N4O6S2. The Morgan fingerprint density at radius 2 is 0.674 bits per heavy atom. The van der Waals surface area contributed by atoms with Crippen LogP contribution in [0.3, 0.4) is 0 Å². The minimum Gasteiger partial charge on any atom is -0.464 e. The topological polar surface area (TPSA) is 120 Å². The molecule has 1 saturated heterocycles. The van der Waals surface area contributed by atoms with E-state index in [-0.39, 0.29) is 30.4 Å². The van der Waals surface area contributed by atoms with Crippen LogP contribution in [-0.4, -0.2) is 167 Å². The quantitative estimate of drug-likeness (QED) is 0.0201. The first-order valence-corrected chi connectivity index (χ1v) is 42.3. The molecule has 4 N–H and O–H groups in total.